The van der Waals surface area contributed by atoms with Gasteiger partial charge in [-0.05, 0) is 55.8 Å². The highest BCUT2D eigenvalue weighted by atomic mass is 35.5. The summed E-state index contributed by atoms with van der Waals surface area (Å²) < 4.78 is 16.8. The number of hydrogen-bond acceptors (Lipinski definition) is 4. The summed E-state index contributed by atoms with van der Waals surface area (Å²) in [5.41, 5.74) is 2.77. The number of nitrogens with one attached hydrogen (secondary N) is 1. The Kier molecular flexibility index (Phi) is 6.57. The molecule has 7 nitrogen and oxygen atoms in total. The molecule has 1 unspecified atom stereocenters. The summed E-state index contributed by atoms with van der Waals surface area (Å²) in [7, 11) is 0. The second-order valence-corrected chi connectivity index (χ2v) is 9.74. The van der Waals surface area contributed by atoms with Crippen LogP contribution in [0.15, 0.2) is 64.6 Å². The number of aromatic nitrogens is 2. The van der Waals surface area contributed by atoms with Crippen molar-refractivity contribution in [3.05, 3.63) is 91.6 Å². The number of benzene rings is 2. The summed E-state index contributed by atoms with van der Waals surface area (Å²) in [6.07, 6.45) is 0. The number of rotatable bonds is 4. The van der Waals surface area contributed by atoms with E-state index in [9.17, 15) is 14.0 Å². The Bertz CT molecular complexity index is 1400. The van der Waals surface area contributed by atoms with Crippen molar-refractivity contribution in [1.29, 1.82) is 0 Å². The molecule has 2 aliphatic rings. The molecule has 1 fully saturated rings. The molecule has 3 heterocycles. The van der Waals surface area contributed by atoms with E-state index in [2.05, 4.69) is 10.2 Å². The molecule has 2 aromatic carbocycles. The van der Waals surface area contributed by atoms with Crippen LogP contribution < -0.4 is 15.8 Å². The molecule has 36 heavy (non-hydrogen) atoms. The highest BCUT2D eigenvalue weighted by Crippen LogP contribution is 2.38. The Balaban J connectivity index is 1.49. The van der Waals surface area contributed by atoms with Crippen molar-refractivity contribution in [3.8, 4) is 0 Å². The maximum absolute atomic E-state index is 14.0. The SMILES string of the molecule is CCn1c(=O)cc2n1C(c1ccc(Cl)c(Cl)c1)C(C(=O)N1CCN(c3ccc(F)cc3)CC1)=C(C)N2. The minimum Gasteiger partial charge on any atom is -0.368 e. The molecule has 1 N–H and O–H groups in total. The zero-order valence-electron chi connectivity index (χ0n) is 20.0. The lowest BCUT2D eigenvalue weighted by Crippen LogP contribution is -2.50. The summed E-state index contributed by atoms with van der Waals surface area (Å²) in [5.74, 6) is 0.237. The van der Waals surface area contributed by atoms with Crippen molar-refractivity contribution < 1.29 is 9.18 Å². The number of amides is 1. The third-order valence-corrected chi connectivity index (χ3v) is 7.55. The van der Waals surface area contributed by atoms with Crippen LogP contribution >= 0.6 is 23.2 Å². The second kappa shape index (κ2) is 9.67. The first-order chi connectivity index (χ1) is 17.3. The average Bonchev–Trinajstić information content (AvgIpc) is 3.19. The highest BCUT2D eigenvalue weighted by molar-refractivity contribution is 6.42. The van der Waals surface area contributed by atoms with Gasteiger partial charge in [0.15, 0.2) is 0 Å². The minimum absolute atomic E-state index is 0.107. The second-order valence-electron chi connectivity index (χ2n) is 8.92. The molecule has 0 radical (unpaired) electrons. The van der Waals surface area contributed by atoms with Gasteiger partial charge >= 0.3 is 0 Å². The lowest BCUT2D eigenvalue weighted by Gasteiger charge is -2.39. The number of nitrogens with zero attached hydrogens (tertiary/aromatic N) is 4. The van der Waals surface area contributed by atoms with E-state index in [0.29, 0.717) is 59.9 Å². The van der Waals surface area contributed by atoms with E-state index >= 15 is 0 Å². The van der Waals surface area contributed by atoms with E-state index in [1.54, 1.807) is 35.0 Å². The van der Waals surface area contributed by atoms with Crippen LogP contribution in [0.4, 0.5) is 15.9 Å². The number of halogens is 3. The molecular weight excluding hydrogens is 504 g/mol. The van der Waals surface area contributed by atoms with Crippen LogP contribution in [-0.2, 0) is 11.3 Å². The Labute approximate surface area is 218 Å². The van der Waals surface area contributed by atoms with Crippen LogP contribution in [0.1, 0.15) is 25.5 Å². The van der Waals surface area contributed by atoms with E-state index in [0.717, 1.165) is 11.3 Å². The minimum atomic E-state index is -0.554. The number of anilines is 2. The molecule has 1 saturated heterocycles. The first-order valence-electron chi connectivity index (χ1n) is 11.8. The molecule has 0 bridgehead atoms. The molecule has 0 saturated carbocycles. The summed E-state index contributed by atoms with van der Waals surface area (Å²) in [5, 5.41) is 4.06. The highest BCUT2D eigenvalue weighted by Gasteiger charge is 2.37. The molecule has 10 heteroatoms. The molecule has 1 atom stereocenters. The van der Waals surface area contributed by atoms with E-state index in [1.165, 1.54) is 12.1 Å². The maximum Gasteiger partial charge on any atom is 0.268 e. The summed E-state index contributed by atoms with van der Waals surface area (Å²) >= 11 is 12.6. The standard InChI is InChI=1S/C26H26Cl2FN5O2/c1-3-33-23(35)15-22-30-16(2)24(25(34(22)33)17-4-9-20(27)21(28)14-17)26(36)32-12-10-31(11-13-32)19-7-5-18(29)6-8-19/h4-9,14-15,25,30H,3,10-13H2,1-2H3. The van der Waals surface area contributed by atoms with Gasteiger partial charge in [0.25, 0.3) is 11.5 Å². The van der Waals surface area contributed by atoms with Crippen LogP contribution in [0.5, 0.6) is 0 Å². The van der Waals surface area contributed by atoms with Crippen molar-refractivity contribution in [3.63, 3.8) is 0 Å². The third-order valence-electron chi connectivity index (χ3n) is 6.81. The predicted molar refractivity (Wildman–Crippen MR) is 140 cm³/mol. The summed E-state index contributed by atoms with van der Waals surface area (Å²) in [6, 6.07) is 12.7. The number of piperazine rings is 1. The van der Waals surface area contributed by atoms with Gasteiger partial charge in [0, 0.05) is 50.2 Å². The molecule has 5 rings (SSSR count). The smallest absolute Gasteiger partial charge is 0.268 e. The largest absolute Gasteiger partial charge is 0.368 e. The number of carbonyl (C=O) groups excluding carboxylic acids is 1. The van der Waals surface area contributed by atoms with Gasteiger partial charge in [0.1, 0.15) is 17.7 Å². The van der Waals surface area contributed by atoms with Gasteiger partial charge in [-0.1, -0.05) is 29.3 Å². The molecule has 2 aliphatic heterocycles. The zero-order valence-corrected chi connectivity index (χ0v) is 21.5. The third kappa shape index (κ3) is 4.29. The molecule has 3 aromatic rings. The van der Waals surface area contributed by atoms with E-state index in [4.69, 9.17) is 23.2 Å². The number of allylic oxidation sites excluding steroid dienone is 1. The van der Waals surface area contributed by atoms with Crippen LogP contribution in [-0.4, -0.2) is 46.3 Å². The number of hydrogen-bond donors (Lipinski definition) is 1. The van der Waals surface area contributed by atoms with Crippen LogP contribution in [0.3, 0.4) is 0 Å². The fourth-order valence-corrected chi connectivity index (χ4v) is 5.32. The molecular formula is C26H26Cl2FN5O2. The summed E-state index contributed by atoms with van der Waals surface area (Å²) in [6.45, 7) is 6.47. The van der Waals surface area contributed by atoms with Crippen molar-refractivity contribution >= 4 is 40.6 Å². The van der Waals surface area contributed by atoms with Crippen molar-refractivity contribution in [2.45, 2.75) is 26.4 Å². The quantitative estimate of drug-likeness (QED) is 0.529. The van der Waals surface area contributed by atoms with E-state index in [-0.39, 0.29) is 17.3 Å². The normalized spacial score (nSPS) is 17.8. The van der Waals surface area contributed by atoms with Crippen LogP contribution in [0, 0.1) is 5.82 Å². The van der Waals surface area contributed by atoms with Gasteiger partial charge < -0.3 is 15.1 Å². The molecule has 0 aliphatic carbocycles. The zero-order chi connectivity index (χ0) is 25.6. The lowest BCUT2D eigenvalue weighted by atomic mass is 9.94. The number of carbonyl (C=O) groups is 1. The predicted octanol–water partition coefficient (Wildman–Crippen LogP) is 4.75. The van der Waals surface area contributed by atoms with Crippen molar-refractivity contribution in [2.75, 3.05) is 36.4 Å². The Morgan fingerprint density at radius 3 is 2.36 bits per heavy atom. The van der Waals surface area contributed by atoms with Gasteiger partial charge in [0.05, 0.1) is 15.6 Å². The van der Waals surface area contributed by atoms with Crippen molar-refractivity contribution in [1.82, 2.24) is 14.3 Å². The van der Waals surface area contributed by atoms with Gasteiger partial charge in [-0.3, -0.25) is 14.3 Å². The van der Waals surface area contributed by atoms with Gasteiger partial charge in [0.2, 0.25) is 0 Å². The first-order valence-corrected chi connectivity index (χ1v) is 12.6. The maximum atomic E-state index is 14.0. The molecule has 1 aromatic heterocycles. The summed E-state index contributed by atoms with van der Waals surface area (Å²) in [4.78, 5) is 30.7. The molecule has 0 spiro atoms. The van der Waals surface area contributed by atoms with Crippen molar-refractivity contribution in [2.24, 2.45) is 0 Å². The monoisotopic (exact) mass is 529 g/mol. The van der Waals surface area contributed by atoms with Gasteiger partial charge in [-0.15, -0.1) is 0 Å². The van der Waals surface area contributed by atoms with E-state index < -0.39 is 6.04 Å². The Morgan fingerprint density at radius 1 is 1.03 bits per heavy atom. The van der Waals surface area contributed by atoms with Crippen LogP contribution in [0.2, 0.25) is 10.0 Å². The topological polar surface area (TPSA) is 62.5 Å². The fourth-order valence-electron chi connectivity index (χ4n) is 5.02. The Hall–Kier alpha value is -3.23. The van der Waals surface area contributed by atoms with Crippen LogP contribution in [0.25, 0.3) is 0 Å². The van der Waals surface area contributed by atoms with Gasteiger partial charge in [-0.25, -0.2) is 9.07 Å². The Morgan fingerprint density at radius 2 is 1.72 bits per heavy atom. The van der Waals surface area contributed by atoms with Gasteiger partial charge in [-0.2, -0.15) is 0 Å². The lowest BCUT2D eigenvalue weighted by molar-refractivity contribution is -0.128. The molecule has 188 valence electrons. The average molecular weight is 530 g/mol. The number of fused-ring (bicyclic) bond motifs is 1. The fraction of sp³-hybridized carbons (Fsp3) is 0.308. The molecule has 1 amide bonds. The first kappa shape index (κ1) is 24.5. The van der Waals surface area contributed by atoms with E-state index in [1.807, 2.05) is 29.5 Å².